The van der Waals surface area contributed by atoms with Gasteiger partial charge in [-0.3, -0.25) is 14.2 Å². The van der Waals surface area contributed by atoms with E-state index in [9.17, 15) is 19.0 Å². The number of unbranched alkanes of at least 4 members (excludes halogenated alkanes) is 51. The summed E-state index contributed by atoms with van der Waals surface area (Å²) in [6, 6.07) is -0.887. The molecule has 0 bridgehead atoms. The number of ether oxygens (including phenoxy) is 1. The lowest BCUT2D eigenvalue weighted by Crippen LogP contribution is -2.47. The number of phosphoric ester groups is 1. The molecule has 9 nitrogen and oxygen atoms in total. The molecule has 0 aliphatic rings. The van der Waals surface area contributed by atoms with E-state index in [-0.39, 0.29) is 31.5 Å². The number of carbonyl (C=O) groups is 2. The van der Waals surface area contributed by atoms with Crippen molar-refractivity contribution in [1.29, 1.82) is 0 Å². The molecule has 0 saturated heterocycles. The Kier molecular flexibility index (Phi) is 68.2. The van der Waals surface area contributed by atoms with Crippen molar-refractivity contribution in [3.8, 4) is 0 Å². The fraction of sp³-hybridized carbons (Fsp3) is 0.875. The third-order valence-electron chi connectivity index (χ3n) is 18.0. The molecule has 0 spiro atoms. The Labute approximate surface area is 560 Å². The van der Waals surface area contributed by atoms with Crippen LogP contribution in [-0.2, 0) is 27.9 Å². The number of nitrogens with zero attached hydrogens (tertiary/aromatic N) is 1. The van der Waals surface area contributed by atoms with Crippen molar-refractivity contribution < 1.29 is 37.3 Å². The summed E-state index contributed by atoms with van der Waals surface area (Å²) in [6.45, 7) is 6.88. The van der Waals surface area contributed by atoms with Crippen LogP contribution in [0.2, 0.25) is 0 Å². The molecule has 0 aromatic carbocycles. The highest BCUT2D eigenvalue weighted by Gasteiger charge is 2.27. The van der Waals surface area contributed by atoms with Gasteiger partial charge in [0.1, 0.15) is 19.3 Å². The van der Waals surface area contributed by atoms with Gasteiger partial charge in [0, 0.05) is 12.8 Å². The van der Waals surface area contributed by atoms with Crippen molar-refractivity contribution in [2.45, 2.75) is 412 Å². The summed E-state index contributed by atoms with van der Waals surface area (Å²) < 4.78 is 30.5. The van der Waals surface area contributed by atoms with Gasteiger partial charge in [-0.1, -0.05) is 346 Å². The minimum Gasteiger partial charge on any atom is -0.756 e. The number of esters is 1. The van der Waals surface area contributed by atoms with E-state index in [1.165, 1.54) is 302 Å². The number of allylic oxidation sites excluding steroid dienone is 7. The van der Waals surface area contributed by atoms with Gasteiger partial charge < -0.3 is 28.5 Å². The molecule has 1 N–H and O–H groups in total. The van der Waals surface area contributed by atoms with Crippen LogP contribution in [0.3, 0.4) is 0 Å². The van der Waals surface area contributed by atoms with Gasteiger partial charge in [-0.15, -0.1) is 0 Å². The third kappa shape index (κ3) is 70.3. The smallest absolute Gasteiger partial charge is 0.306 e. The van der Waals surface area contributed by atoms with E-state index in [2.05, 4.69) is 62.5 Å². The van der Waals surface area contributed by atoms with Crippen LogP contribution in [-0.4, -0.2) is 69.4 Å². The van der Waals surface area contributed by atoms with E-state index in [1.54, 1.807) is 0 Å². The first kappa shape index (κ1) is 88.0. The molecular formula is C80H153N2O7P. The standard InChI is InChI=1S/C80H153N2O7P/c1-7-10-13-16-19-22-25-28-30-32-34-36-38-40-41-43-45-47-49-51-53-55-58-61-64-67-70-73-80(84)89-78(71-68-65-62-59-56-27-24-21-18-15-12-9-3)77(76-88-90(85,86)87-75-74-82(4,5)6)81-79(83)72-69-66-63-60-57-54-52-50-48-46-44-42-39-37-35-33-31-29-26-23-20-17-14-11-8-2/h19,22,28-31,68,71,77-78H,7-18,20-21,23-27,32-67,69-70,72-76H2,1-6H3,(H-,81,83,85,86)/b22-19-,30-28-,31-29+,71-68+. The third-order valence-corrected chi connectivity index (χ3v) is 18.9. The summed E-state index contributed by atoms with van der Waals surface area (Å²) in [7, 11) is 1.20. The van der Waals surface area contributed by atoms with Crippen molar-refractivity contribution in [1.82, 2.24) is 5.32 Å². The zero-order valence-corrected chi connectivity index (χ0v) is 61.8. The molecule has 0 aliphatic carbocycles. The maximum Gasteiger partial charge on any atom is 0.306 e. The lowest BCUT2D eigenvalue weighted by atomic mass is 10.0. The number of hydrogen-bond donors (Lipinski definition) is 1. The molecule has 90 heavy (non-hydrogen) atoms. The molecule has 0 aliphatic heterocycles. The molecule has 0 fully saturated rings. The molecule has 530 valence electrons. The average Bonchev–Trinajstić information content (AvgIpc) is 3.12. The number of hydrogen-bond acceptors (Lipinski definition) is 7. The number of rotatable bonds is 73. The van der Waals surface area contributed by atoms with E-state index in [0.29, 0.717) is 17.4 Å². The molecular weight excluding hydrogens is 1130 g/mol. The summed E-state index contributed by atoms with van der Waals surface area (Å²) in [5.74, 6) is -0.519. The summed E-state index contributed by atoms with van der Waals surface area (Å²) in [4.78, 5) is 40.3. The Morgan fingerprint density at radius 1 is 0.389 bits per heavy atom. The van der Waals surface area contributed by atoms with Crippen molar-refractivity contribution in [3.63, 3.8) is 0 Å². The van der Waals surface area contributed by atoms with Crippen LogP contribution in [0.5, 0.6) is 0 Å². The highest BCUT2D eigenvalue weighted by molar-refractivity contribution is 7.45. The first-order chi connectivity index (χ1) is 43.9. The normalized spacial score (nSPS) is 13.6. The quantitative estimate of drug-likeness (QED) is 0.0212. The summed E-state index contributed by atoms with van der Waals surface area (Å²) in [6.07, 6.45) is 89.7. The number of likely N-dealkylation sites (N-methyl/N-ethyl adjacent to an activating group) is 1. The zero-order valence-electron chi connectivity index (χ0n) is 60.9. The minimum atomic E-state index is -4.71. The lowest BCUT2D eigenvalue weighted by Gasteiger charge is -2.30. The first-order valence-electron chi connectivity index (χ1n) is 39.4. The summed E-state index contributed by atoms with van der Waals surface area (Å²) >= 11 is 0. The Morgan fingerprint density at radius 3 is 1.03 bits per heavy atom. The molecule has 0 aromatic rings. The predicted molar refractivity (Wildman–Crippen MR) is 390 cm³/mol. The molecule has 1 amide bonds. The van der Waals surface area contributed by atoms with Crippen LogP contribution in [0.15, 0.2) is 48.6 Å². The number of carbonyl (C=O) groups excluding carboxylic acids is 2. The molecule has 0 rings (SSSR count). The Balaban J connectivity index is 4.90. The van der Waals surface area contributed by atoms with Crippen LogP contribution in [0.1, 0.15) is 400 Å². The average molecular weight is 1290 g/mol. The maximum atomic E-state index is 13.6. The van der Waals surface area contributed by atoms with Gasteiger partial charge >= 0.3 is 5.97 Å². The first-order valence-corrected chi connectivity index (χ1v) is 40.9. The molecule has 3 unspecified atom stereocenters. The van der Waals surface area contributed by atoms with E-state index in [0.717, 1.165) is 64.2 Å². The Bertz CT molecular complexity index is 1680. The maximum absolute atomic E-state index is 13.6. The summed E-state index contributed by atoms with van der Waals surface area (Å²) in [5, 5.41) is 3.06. The van der Waals surface area contributed by atoms with Gasteiger partial charge in [0.25, 0.3) is 7.82 Å². The highest BCUT2D eigenvalue weighted by atomic mass is 31.2. The zero-order chi connectivity index (χ0) is 65.6. The fourth-order valence-electron chi connectivity index (χ4n) is 11.9. The monoisotopic (exact) mass is 1290 g/mol. The second-order valence-corrected chi connectivity index (χ2v) is 29.6. The van der Waals surface area contributed by atoms with Crippen LogP contribution in [0.25, 0.3) is 0 Å². The number of amides is 1. The molecule has 3 atom stereocenters. The molecule has 0 saturated carbocycles. The van der Waals surface area contributed by atoms with E-state index < -0.39 is 20.0 Å². The molecule has 0 radical (unpaired) electrons. The number of nitrogens with one attached hydrogen (secondary N) is 1. The largest absolute Gasteiger partial charge is 0.756 e. The van der Waals surface area contributed by atoms with Gasteiger partial charge in [0.15, 0.2) is 0 Å². The Hall–Kier alpha value is -2.03. The van der Waals surface area contributed by atoms with Crippen LogP contribution in [0, 0.1) is 0 Å². The lowest BCUT2D eigenvalue weighted by molar-refractivity contribution is -0.870. The number of quaternary nitrogens is 1. The van der Waals surface area contributed by atoms with Crippen molar-refractivity contribution in [2.24, 2.45) is 0 Å². The molecule has 0 heterocycles. The van der Waals surface area contributed by atoms with Gasteiger partial charge in [0.05, 0.1) is 33.8 Å². The van der Waals surface area contributed by atoms with Crippen LogP contribution >= 0.6 is 7.82 Å². The van der Waals surface area contributed by atoms with Gasteiger partial charge in [0.2, 0.25) is 5.91 Å². The predicted octanol–water partition coefficient (Wildman–Crippen LogP) is 24.9. The van der Waals surface area contributed by atoms with E-state index in [4.69, 9.17) is 13.8 Å². The topological polar surface area (TPSA) is 114 Å². The highest BCUT2D eigenvalue weighted by Crippen LogP contribution is 2.38. The van der Waals surface area contributed by atoms with Crippen molar-refractivity contribution in [3.05, 3.63) is 48.6 Å². The summed E-state index contributed by atoms with van der Waals surface area (Å²) in [5.41, 5.74) is 0. The molecule has 10 heteroatoms. The van der Waals surface area contributed by atoms with Crippen molar-refractivity contribution >= 4 is 19.7 Å². The van der Waals surface area contributed by atoms with Crippen molar-refractivity contribution in [2.75, 3.05) is 40.9 Å². The fourth-order valence-corrected chi connectivity index (χ4v) is 12.6. The second-order valence-electron chi connectivity index (χ2n) is 28.2. The number of phosphoric acid groups is 1. The minimum absolute atomic E-state index is 0.0197. The second kappa shape index (κ2) is 69.8. The van der Waals surface area contributed by atoms with Crippen LogP contribution < -0.4 is 10.2 Å². The van der Waals surface area contributed by atoms with Crippen LogP contribution in [0.4, 0.5) is 0 Å². The molecule has 0 aromatic heterocycles. The van der Waals surface area contributed by atoms with Gasteiger partial charge in [-0.2, -0.15) is 0 Å². The van der Waals surface area contributed by atoms with Gasteiger partial charge in [-0.25, -0.2) is 0 Å². The van der Waals surface area contributed by atoms with E-state index in [1.807, 2.05) is 33.3 Å². The Morgan fingerprint density at radius 2 is 0.678 bits per heavy atom. The SMILES string of the molecule is CCCCC/C=C\C/C=C\CCCCCCCCCCCCCCCCCCCC(=O)OC(/C=C/CCCCCCCCCCCC)C(COP(=O)([O-])OCC[N+](C)(C)C)NC(=O)CCCCCCCCCCCCCCCCC/C=C/CCCCCCCC. The van der Waals surface area contributed by atoms with E-state index >= 15 is 0 Å². The van der Waals surface area contributed by atoms with Gasteiger partial charge in [-0.05, 0) is 89.5 Å².